The SMILES string of the molecule is C=C(I)/C(=C\c1cc(C)cc(C)c1)CCC. The van der Waals surface area contributed by atoms with Crippen molar-refractivity contribution in [2.75, 3.05) is 0 Å². The number of benzene rings is 1. The van der Waals surface area contributed by atoms with Gasteiger partial charge in [-0.05, 0) is 54.0 Å². The summed E-state index contributed by atoms with van der Waals surface area (Å²) in [5, 5.41) is 0. The first-order valence-electron chi connectivity index (χ1n) is 5.66. The molecule has 0 fully saturated rings. The summed E-state index contributed by atoms with van der Waals surface area (Å²) in [5.41, 5.74) is 5.29. The second-order valence-corrected chi connectivity index (χ2v) is 5.55. The summed E-state index contributed by atoms with van der Waals surface area (Å²) in [7, 11) is 0. The molecule has 0 amide bonds. The lowest BCUT2D eigenvalue weighted by Crippen LogP contribution is -1.85. The van der Waals surface area contributed by atoms with Gasteiger partial charge < -0.3 is 0 Å². The Morgan fingerprint density at radius 3 is 2.25 bits per heavy atom. The van der Waals surface area contributed by atoms with Gasteiger partial charge in [0.2, 0.25) is 0 Å². The summed E-state index contributed by atoms with van der Waals surface area (Å²) >= 11 is 2.31. The molecule has 0 aliphatic rings. The van der Waals surface area contributed by atoms with Crippen LogP contribution in [0.5, 0.6) is 0 Å². The van der Waals surface area contributed by atoms with Crippen LogP contribution in [0, 0.1) is 13.8 Å². The quantitative estimate of drug-likeness (QED) is 0.511. The van der Waals surface area contributed by atoms with Gasteiger partial charge in [0.15, 0.2) is 0 Å². The van der Waals surface area contributed by atoms with E-state index >= 15 is 0 Å². The van der Waals surface area contributed by atoms with E-state index in [1.807, 2.05) is 0 Å². The number of halogens is 1. The van der Waals surface area contributed by atoms with Crippen LogP contribution >= 0.6 is 22.6 Å². The Hall–Kier alpha value is -0.570. The van der Waals surface area contributed by atoms with Crippen LogP contribution in [-0.4, -0.2) is 0 Å². The highest BCUT2D eigenvalue weighted by Crippen LogP contribution is 2.24. The van der Waals surface area contributed by atoms with Crippen LogP contribution in [0.3, 0.4) is 0 Å². The van der Waals surface area contributed by atoms with E-state index in [9.17, 15) is 0 Å². The normalized spacial score (nSPS) is 11.6. The molecule has 1 rings (SSSR count). The van der Waals surface area contributed by atoms with E-state index in [2.05, 4.69) is 74.2 Å². The molecule has 1 heteroatoms. The molecule has 0 aromatic heterocycles. The summed E-state index contributed by atoms with van der Waals surface area (Å²) in [6, 6.07) is 6.65. The lowest BCUT2D eigenvalue weighted by molar-refractivity contribution is 0.931. The molecule has 0 N–H and O–H groups in total. The van der Waals surface area contributed by atoms with Crippen molar-refractivity contribution in [1.29, 1.82) is 0 Å². The zero-order valence-corrected chi connectivity index (χ0v) is 12.5. The van der Waals surface area contributed by atoms with Gasteiger partial charge in [-0.15, -0.1) is 0 Å². The van der Waals surface area contributed by atoms with Gasteiger partial charge in [0.25, 0.3) is 0 Å². The summed E-state index contributed by atoms with van der Waals surface area (Å²) in [5.74, 6) is 0. The fourth-order valence-electron chi connectivity index (χ4n) is 1.85. The third-order valence-electron chi connectivity index (χ3n) is 2.45. The minimum absolute atomic E-state index is 1.11. The lowest BCUT2D eigenvalue weighted by atomic mass is 10.0. The molecule has 0 unspecified atom stereocenters. The van der Waals surface area contributed by atoms with Crippen LogP contribution in [-0.2, 0) is 0 Å². The summed E-state index contributed by atoms with van der Waals surface area (Å²) in [6.07, 6.45) is 4.53. The molecule has 1 aromatic rings. The van der Waals surface area contributed by atoms with Gasteiger partial charge in [0, 0.05) is 3.58 Å². The van der Waals surface area contributed by atoms with E-state index in [4.69, 9.17) is 0 Å². The summed E-state index contributed by atoms with van der Waals surface area (Å²) in [4.78, 5) is 0. The number of hydrogen-bond donors (Lipinski definition) is 0. The topological polar surface area (TPSA) is 0 Å². The number of allylic oxidation sites excluding steroid dienone is 2. The van der Waals surface area contributed by atoms with Crippen molar-refractivity contribution in [2.45, 2.75) is 33.6 Å². The summed E-state index contributed by atoms with van der Waals surface area (Å²) < 4.78 is 1.15. The Bertz CT molecular complexity index is 393. The lowest BCUT2D eigenvalue weighted by Gasteiger charge is -2.06. The van der Waals surface area contributed by atoms with Crippen molar-refractivity contribution in [3.05, 3.63) is 50.6 Å². The van der Waals surface area contributed by atoms with Crippen LogP contribution in [0.2, 0.25) is 0 Å². The Morgan fingerprint density at radius 2 is 1.81 bits per heavy atom. The van der Waals surface area contributed by atoms with Crippen LogP contribution < -0.4 is 0 Å². The second-order valence-electron chi connectivity index (χ2n) is 4.25. The predicted molar refractivity (Wildman–Crippen MR) is 82.0 cm³/mol. The molecule has 0 saturated heterocycles. The zero-order chi connectivity index (χ0) is 12.1. The highest BCUT2D eigenvalue weighted by atomic mass is 127. The van der Waals surface area contributed by atoms with Gasteiger partial charge in [-0.1, -0.05) is 55.3 Å². The van der Waals surface area contributed by atoms with Crippen molar-refractivity contribution < 1.29 is 0 Å². The van der Waals surface area contributed by atoms with E-state index in [0.717, 1.165) is 10.0 Å². The Morgan fingerprint density at radius 1 is 1.25 bits per heavy atom. The van der Waals surface area contributed by atoms with E-state index in [0.29, 0.717) is 0 Å². The van der Waals surface area contributed by atoms with Crippen LogP contribution in [0.25, 0.3) is 6.08 Å². The number of aryl methyl sites for hydroxylation is 2. The Kier molecular flexibility index (Phi) is 5.26. The van der Waals surface area contributed by atoms with Gasteiger partial charge in [-0.25, -0.2) is 0 Å². The van der Waals surface area contributed by atoms with Gasteiger partial charge in [-0.2, -0.15) is 0 Å². The molecule has 0 bridgehead atoms. The average Bonchev–Trinajstić information content (AvgIpc) is 2.15. The fourth-order valence-corrected chi connectivity index (χ4v) is 2.28. The number of rotatable bonds is 4. The zero-order valence-electron chi connectivity index (χ0n) is 10.3. The summed E-state index contributed by atoms with van der Waals surface area (Å²) in [6.45, 7) is 10.5. The van der Waals surface area contributed by atoms with Crippen molar-refractivity contribution in [1.82, 2.24) is 0 Å². The molecular formula is C15H19I. The van der Waals surface area contributed by atoms with E-state index < -0.39 is 0 Å². The largest absolute Gasteiger partial charge is 0.0853 e. The third kappa shape index (κ3) is 4.12. The Labute approximate surface area is 113 Å². The van der Waals surface area contributed by atoms with Crippen molar-refractivity contribution in [2.24, 2.45) is 0 Å². The van der Waals surface area contributed by atoms with Gasteiger partial charge >= 0.3 is 0 Å². The highest BCUT2D eigenvalue weighted by Gasteiger charge is 2.00. The van der Waals surface area contributed by atoms with E-state index in [1.54, 1.807) is 0 Å². The molecule has 0 radical (unpaired) electrons. The smallest absolute Gasteiger partial charge is 0.00902 e. The fraction of sp³-hybridized carbons (Fsp3) is 0.333. The molecule has 0 heterocycles. The maximum absolute atomic E-state index is 4.03. The minimum Gasteiger partial charge on any atom is -0.0853 e. The van der Waals surface area contributed by atoms with Crippen molar-refractivity contribution >= 4 is 28.7 Å². The molecule has 0 aliphatic heterocycles. The molecule has 86 valence electrons. The molecule has 0 saturated carbocycles. The molecule has 0 atom stereocenters. The highest BCUT2D eigenvalue weighted by molar-refractivity contribution is 14.1. The van der Waals surface area contributed by atoms with Crippen molar-refractivity contribution in [3.8, 4) is 0 Å². The molecule has 1 aromatic carbocycles. The van der Waals surface area contributed by atoms with Crippen LogP contribution in [0.1, 0.15) is 36.5 Å². The molecule has 0 nitrogen and oxygen atoms in total. The molecular weight excluding hydrogens is 307 g/mol. The monoisotopic (exact) mass is 326 g/mol. The van der Waals surface area contributed by atoms with E-state index in [1.165, 1.54) is 28.7 Å². The second kappa shape index (κ2) is 6.24. The van der Waals surface area contributed by atoms with Crippen LogP contribution in [0.15, 0.2) is 33.9 Å². The van der Waals surface area contributed by atoms with Gasteiger partial charge in [-0.3, -0.25) is 0 Å². The van der Waals surface area contributed by atoms with E-state index in [-0.39, 0.29) is 0 Å². The first-order valence-corrected chi connectivity index (χ1v) is 6.74. The Balaban J connectivity index is 3.07. The first kappa shape index (κ1) is 13.5. The van der Waals surface area contributed by atoms with Gasteiger partial charge in [0.05, 0.1) is 0 Å². The maximum Gasteiger partial charge on any atom is 0.00902 e. The first-order chi connectivity index (χ1) is 7.52. The third-order valence-corrected chi connectivity index (χ3v) is 3.15. The predicted octanol–water partition coefficient (Wildman–Crippen LogP) is 5.44. The van der Waals surface area contributed by atoms with Crippen molar-refractivity contribution in [3.63, 3.8) is 0 Å². The maximum atomic E-state index is 4.03. The van der Waals surface area contributed by atoms with Crippen LogP contribution in [0.4, 0.5) is 0 Å². The standard InChI is InChI=1S/C15H19I/c1-5-6-15(13(4)16)10-14-8-11(2)7-12(3)9-14/h7-10H,4-6H2,1-3H3/b15-10-. The average molecular weight is 326 g/mol. The van der Waals surface area contributed by atoms with Gasteiger partial charge in [0.1, 0.15) is 0 Å². The minimum atomic E-state index is 1.11. The molecule has 0 spiro atoms. The molecule has 16 heavy (non-hydrogen) atoms. The number of hydrogen-bond acceptors (Lipinski definition) is 0. The molecule has 0 aliphatic carbocycles.